The molecule has 0 aliphatic carbocycles. The number of rotatable bonds is 7. The first-order valence-electron chi connectivity index (χ1n) is 9.08. The molecule has 8 heteroatoms. The van der Waals surface area contributed by atoms with Crippen molar-refractivity contribution in [2.24, 2.45) is 5.92 Å². The fourth-order valence-electron chi connectivity index (χ4n) is 2.84. The second-order valence-corrected chi connectivity index (χ2v) is 6.69. The normalized spacial score (nSPS) is 11.6. The van der Waals surface area contributed by atoms with Crippen LogP contribution in [-0.2, 0) is 4.74 Å². The van der Waals surface area contributed by atoms with Crippen LogP contribution in [0, 0.1) is 17.2 Å². The number of hydrogen-bond donors (Lipinski definition) is 2. The van der Waals surface area contributed by atoms with Gasteiger partial charge in [-0.1, -0.05) is 19.1 Å². The molecule has 3 rings (SSSR count). The van der Waals surface area contributed by atoms with Crippen molar-refractivity contribution in [2.45, 2.75) is 6.92 Å². The Hall–Kier alpha value is -3.70. The first-order valence-corrected chi connectivity index (χ1v) is 9.08. The third kappa shape index (κ3) is 4.59. The van der Waals surface area contributed by atoms with Gasteiger partial charge in [0.25, 0.3) is 11.5 Å². The maximum absolute atomic E-state index is 12.7. The molecule has 0 spiro atoms. The summed E-state index contributed by atoms with van der Waals surface area (Å²) in [5.41, 5.74) is 1.82. The van der Waals surface area contributed by atoms with Crippen molar-refractivity contribution in [1.82, 2.24) is 20.1 Å². The van der Waals surface area contributed by atoms with Crippen LogP contribution in [-0.4, -0.2) is 40.9 Å². The Labute approximate surface area is 167 Å². The number of carbonyl (C=O) groups is 1. The maximum atomic E-state index is 12.7. The summed E-state index contributed by atoms with van der Waals surface area (Å²) in [7, 11) is 1.62. The van der Waals surface area contributed by atoms with E-state index in [-0.39, 0.29) is 17.4 Å². The topological polar surface area (TPSA) is 113 Å². The zero-order valence-corrected chi connectivity index (χ0v) is 16.2. The monoisotopic (exact) mass is 391 g/mol. The third-order valence-electron chi connectivity index (χ3n) is 4.40. The zero-order chi connectivity index (χ0) is 20.8. The van der Waals surface area contributed by atoms with Gasteiger partial charge in [-0.3, -0.25) is 14.7 Å². The molecule has 0 bridgehead atoms. The average Bonchev–Trinajstić information content (AvgIpc) is 3.13. The Balaban J connectivity index is 1.75. The first kappa shape index (κ1) is 20.0. The minimum Gasteiger partial charge on any atom is -0.384 e. The molecule has 3 aromatic rings. The molecule has 148 valence electrons. The SMILES string of the molecule is COCC(C)CNC(=O)c1ccc(-n2[nH]cc(-c3ccc(C#N)cc3)c2=O)nc1. The number of hydrogen-bond acceptors (Lipinski definition) is 5. The third-order valence-corrected chi connectivity index (χ3v) is 4.40. The highest BCUT2D eigenvalue weighted by molar-refractivity contribution is 5.93. The molecule has 0 saturated heterocycles. The molecule has 1 aromatic carbocycles. The Bertz CT molecular complexity index is 1080. The van der Waals surface area contributed by atoms with Gasteiger partial charge in [-0.05, 0) is 35.7 Å². The number of pyridine rings is 1. The van der Waals surface area contributed by atoms with E-state index < -0.39 is 0 Å². The van der Waals surface area contributed by atoms with Gasteiger partial charge in [0.2, 0.25) is 0 Å². The fraction of sp³-hybridized carbons (Fsp3) is 0.238. The fourth-order valence-corrected chi connectivity index (χ4v) is 2.84. The van der Waals surface area contributed by atoms with Crippen molar-refractivity contribution < 1.29 is 9.53 Å². The highest BCUT2D eigenvalue weighted by Gasteiger charge is 2.13. The zero-order valence-electron chi connectivity index (χ0n) is 16.2. The number of carbonyl (C=O) groups excluding carboxylic acids is 1. The highest BCUT2D eigenvalue weighted by atomic mass is 16.5. The number of methoxy groups -OCH3 is 1. The molecule has 29 heavy (non-hydrogen) atoms. The van der Waals surface area contributed by atoms with Crippen LogP contribution in [0.1, 0.15) is 22.8 Å². The molecule has 1 atom stereocenters. The Morgan fingerprint density at radius 3 is 2.69 bits per heavy atom. The molecule has 8 nitrogen and oxygen atoms in total. The number of aromatic nitrogens is 3. The number of ether oxygens (including phenoxy) is 1. The molecule has 2 heterocycles. The quantitative estimate of drug-likeness (QED) is 0.640. The largest absolute Gasteiger partial charge is 0.384 e. The molecular weight excluding hydrogens is 370 g/mol. The lowest BCUT2D eigenvalue weighted by molar-refractivity contribution is 0.0933. The molecule has 1 unspecified atom stereocenters. The van der Waals surface area contributed by atoms with Gasteiger partial charge in [-0.2, -0.15) is 5.26 Å². The number of H-pyrrole nitrogens is 1. The van der Waals surface area contributed by atoms with Gasteiger partial charge in [-0.15, -0.1) is 0 Å². The van der Waals surface area contributed by atoms with Crippen LogP contribution in [0.4, 0.5) is 0 Å². The van der Waals surface area contributed by atoms with Crippen molar-refractivity contribution in [2.75, 3.05) is 20.3 Å². The van der Waals surface area contributed by atoms with Crippen LogP contribution in [0.25, 0.3) is 16.9 Å². The lowest BCUT2D eigenvalue weighted by Gasteiger charge is -2.11. The van der Waals surface area contributed by atoms with Gasteiger partial charge in [0.15, 0.2) is 5.82 Å². The molecular formula is C21H21N5O3. The lowest BCUT2D eigenvalue weighted by atomic mass is 10.1. The van der Waals surface area contributed by atoms with E-state index >= 15 is 0 Å². The summed E-state index contributed by atoms with van der Waals surface area (Å²) in [5.74, 6) is 0.345. The van der Waals surface area contributed by atoms with Crippen LogP contribution in [0.5, 0.6) is 0 Å². The van der Waals surface area contributed by atoms with Gasteiger partial charge in [0.1, 0.15) is 0 Å². The smallest absolute Gasteiger partial charge is 0.280 e. The standard InChI is InChI=1S/C21H21N5O3/c1-14(13-29-2)10-24-20(27)17-7-8-19(23-11-17)26-21(28)18(12-25-26)16-5-3-15(9-22)4-6-16/h3-8,11-12,14,25H,10,13H2,1-2H3,(H,24,27). The predicted octanol–water partition coefficient (Wildman–Crippen LogP) is 2.11. The Morgan fingerprint density at radius 1 is 1.31 bits per heavy atom. The van der Waals surface area contributed by atoms with Crippen molar-refractivity contribution >= 4 is 5.91 Å². The summed E-state index contributed by atoms with van der Waals surface area (Å²) < 4.78 is 6.35. The molecule has 1 amide bonds. The van der Waals surface area contributed by atoms with Gasteiger partial charge in [0.05, 0.1) is 29.4 Å². The second kappa shape index (κ2) is 8.99. The van der Waals surface area contributed by atoms with Crippen molar-refractivity contribution in [3.05, 3.63) is 70.3 Å². The second-order valence-electron chi connectivity index (χ2n) is 6.69. The van der Waals surface area contributed by atoms with E-state index in [1.807, 2.05) is 13.0 Å². The summed E-state index contributed by atoms with van der Waals surface area (Å²) in [6, 6.07) is 12.0. The van der Waals surface area contributed by atoms with Crippen LogP contribution in [0.3, 0.4) is 0 Å². The minimum absolute atomic E-state index is 0.203. The number of nitriles is 1. The molecule has 0 radical (unpaired) electrons. The predicted molar refractivity (Wildman–Crippen MR) is 108 cm³/mol. The Morgan fingerprint density at radius 2 is 2.07 bits per heavy atom. The molecule has 2 N–H and O–H groups in total. The van der Waals surface area contributed by atoms with Gasteiger partial charge in [-0.25, -0.2) is 9.67 Å². The highest BCUT2D eigenvalue weighted by Crippen LogP contribution is 2.16. The van der Waals surface area contributed by atoms with Crippen molar-refractivity contribution in [3.63, 3.8) is 0 Å². The average molecular weight is 391 g/mol. The van der Waals surface area contributed by atoms with Gasteiger partial charge >= 0.3 is 0 Å². The summed E-state index contributed by atoms with van der Waals surface area (Å²) in [5, 5.41) is 14.6. The molecule has 0 saturated carbocycles. The van der Waals surface area contributed by atoms with Crippen LogP contribution in [0.15, 0.2) is 53.6 Å². The molecule has 0 aliphatic heterocycles. The van der Waals surface area contributed by atoms with Crippen LogP contribution >= 0.6 is 0 Å². The number of amides is 1. The lowest BCUT2D eigenvalue weighted by Crippen LogP contribution is -2.30. The maximum Gasteiger partial charge on any atom is 0.280 e. The molecule has 0 aliphatic rings. The molecule has 0 fully saturated rings. The van der Waals surface area contributed by atoms with E-state index in [2.05, 4.69) is 15.4 Å². The van der Waals surface area contributed by atoms with Gasteiger partial charge < -0.3 is 10.1 Å². The van der Waals surface area contributed by atoms with E-state index in [9.17, 15) is 9.59 Å². The van der Waals surface area contributed by atoms with Crippen molar-refractivity contribution in [1.29, 1.82) is 5.26 Å². The number of nitrogens with one attached hydrogen (secondary N) is 2. The first-order chi connectivity index (χ1) is 14.0. The summed E-state index contributed by atoms with van der Waals surface area (Å²) in [6.45, 7) is 3.04. The van der Waals surface area contributed by atoms with Crippen LogP contribution in [0.2, 0.25) is 0 Å². The summed E-state index contributed by atoms with van der Waals surface area (Å²) in [4.78, 5) is 29.2. The summed E-state index contributed by atoms with van der Waals surface area (Å²) >= 11 is 0. The van der Waals surface area contributed by atoms with Gasteiger partial charge in [0, 0.05) is 26.0 Å². The van der Waals surface area contributed by atoms with Crippen molar-refractivity contribution in [3.8, 4) is 23.0 Å². The van der Waals surface area contributed by atoms with Crippen LogP contribution < -0.4 is 10.9 Å². The Kier molecular flexibility index (Phi) is 6.22. The number of aromatic amines is 1. The van der Waals surface area contributed by atoms with E-state index in [1.165, 1.54) is 10.9 Å². The molecule has 2 aromatic heterocycles. The van der Waals surface area contributed by atoms with E-state index in [0.29, 0.717) is 41.2 Å². The van der Waals surface area contributed by atoms with E-state index in [1.54, 1.807) is 49.7 Å². The van der Waals surface area contributed by atoms with E-state index in [0.717, 1.165) is 0 Å². The van der Waals surface area contributed by atoms with E-state index in [4.69, 9.17) is 10.00 Å². The summed E-state index contributed by atoms with van der Waals surface area (Å²) in [6.07, 6.45) is 3.02. The minimum atomic E-state index is -0.271. The number of nitrogens with zero attached hydrogens (tertiary/aromatic N) is 3. The number of benzene rings is 1.